The maximum atomic E-state index is 13.2. The Balaban J connectivity index is 0.000000119. The van der Waals surface area contributed by atoms with Gasteiger partial charge in [-0.05, 0) is 75.4 Å². The molecule has 0 saturated carbocycles. The van der Waals surface area contributed by atoms with Crippen LogP contribution >= 0.6 is 11.6 Å². The Labute approximate surface area is 713 Å². The number of aromatic nitrogens is 10. The molecule has 26 heteroatoms. The van der Waals surface area contributed by atoms with E-state index in [0.717, 1.165) is 157 Å². The number of rotatable bonds is 13. The summed E-state index contributed by atoms with van der Waals surface area (Å²) in [6.45, 7) is 11.7. The first-order valence-electron chi connectivity index (χ1n) is 41.0. The van der Waals surface area contributed by atoms with Crippen LogP contribution in [0.5, 0.6) is 11.5 Å². The van der Waals surface area contributed by atoms with Crippen molar-refractivity contribution in [2.24, 2.45) is 0 Å². The molecule has 10 heterocycles. The molecule has 14 aromatic rings. The SMILES string of the molecule is CC(C)(Oc1ccccc1)C(=O)N1CCc2[nH]nc(-c3ccccc3)c2C1.CC(Oc1ccccc1)C(=O)N1CCc2[nH]nc(-c3ccccc3)c2C1.CN(C(=O)N1CCc2[nH]nc(-c3ccccc3)c2C1)c1ccccc1.CNC(=O)N1CCc2[nH]nc(-c3ccccc3)c2C1.O=C(Nc1cccc(Cl)c1)N1CCc2[nH]nc(-c3ccccc3)c2C1. The second-order valence-electron chi connectivity index (χ2n) is 30.6. The molecular formula is C96H97ClN18O7. The van der Waals surface area contributed by atoms with Gasteiger partial charge in [-0.25, -0.2) is 14.4 Å². The molecule has 1 unspecified atom stereocenters. The minimum atomic E-state index is -0.935. The van der Waals surface area contributed by atoms with Gasteiger partial charge in [-0.15, -0.1) is 0 Å². The first-order valence-corrected chi connectivity index (χ1v) is 41.4. The number of carbonyl (C=O) groups is 5. The summed E-state index contributed by atoms with van der Waals surface area (Å²) in [7, 11) is 3.48. The monoisotopic (exact) mass is 1650 g/mol. The number of urea groups is 3. The van der Waals surface area contributed by atoms with Crippen molar-refractivity contribution >= 4 is 52.9 Å². The number of nitrogens with zero attached hydrogens (tertiary/aromatic N) is 11. The summed E-state index contributed by atoms with van der Waals surface area (Å²) < 4.78 is 11.8. The van der Waals surface area contributed by atoms with Crippen molar-refractivity contribution in [3.63, 3.8) is 0 Å². The normalized spacial score (nSPS) is 13.9. The molecule has 620 valence electrons. The average Bonchev–Trinajstić information content (AvgIpc) is 1.34. The standard InChI is InChI=1S/C22H23N3O2.C21H21N3O2.C20H20N4O.C19H17ClN4O.C14H16N4O/c1-22(2,27-17-11-7-4-8-12-17)21(26)25-14-13-19-18(15-25)20(24-23-19)16-9-5-3-6-10-16;1-15(26-17-10-6-3-7-11-17)21(25)24-13-12-19-18(14-24)20(23-22-19)16-8-4-2-5-9-16;1-23(16-10-6-3-7-11-16)20(25)24-13-12-18-17(14-24)19(22-21-18)15-8-4-2-5-9-15;20-14-7-4-8-15(11-14)21-19(25)24-10-9-17-16(12-24)18(23-22-17)13-5-2-1-3-6-13;1-15-14(19)18-8-7-12-11(9-18)13(17-16-12)10-5-3-2-4-6-10/h3-12H,13-15H2,1-2H3,(H,23,24);2-11,15H,12-14H2,1H3,(H,22,23);2-11H,12-14H2,1H3,(H,21,22);1-8,11H,9-10,12H2,(H,21,25)(H,22,23);2-6H,7-9H2,1H3,(H,15,19)(H,16,17). The van der Waals surface area contributed by atoms with E-state index in [9.17, 15) is 24.0 Å². The van der Waals surface area contributed by atoms with Crippen LogP contribution in [-0.4, -0.2) is 164 Å². The van der Waals surface area contributed by atoms with Crippen LogP contribution in [0.25, 0.3) is 56.3 Å². The van der Waals surface area contributed by atoms with Crippen LogP contribution in [0.2, 0.25) is 5.02 Å². The molecule has 19 rings (SSSR count). The molecule has 0 fully saturated rings. The lowest BCUT2D eigenvalue weighted by Gasteiger charge is -2.34. The number of benzene rings is 9. The quantitative estimate of drug-likeness (QED) is 0.0567. The maximum Gasteiger partial charge on any atom is 0.324 e. The maximum absolute atomic E-state index is 13.2. The van der Waals surface area contributed by atoms with Crippen molar-refractivity contribution in [2.75, 3.05) is 57.0 Å². The Bertz CT molecular complexity index is 5850. The highest BCUT2D eigenvalue weighted by atomic mass is 35.5. The summed E-state index contributed by atoms with van der Waals surface area (Å²) in [5.74, 6) is 1.39. The molecule has 122 heavy (non-hydrogen) atoms. The van der Waals surface area contributed by atoms with Crippen LogP contribution in [-0.2, 0) is 74.4 Å². The molecule has 0 saturated heterocycles. The number of halogens is 1. The van der Waals surface area contributed by atoms with Gasteiger partial charge in [0.1, 0.15) is 11.5 Å². The predicted molar refractivity (Wildman–Crippen MR) is 474 cm³/mol. The van der Waals surface area contributed by atoms with Crippen molar-refractivity contribution in [3.05, 3.63) is 328 Å². The summed E-state index contributed by atoms with van der Waals surface area (Å²) in [5, 5.41) is 44.1. The Morgan fingerprint density at radius 2 is 0.721 bits per heavy atom. The molecule has 8 amide bonds. The van der Waals surface area contributed by atoms with E-state index in [0.29, 0.717) is 81.1 Å². The van der Waals surface area contributed by atoms with E-state index in [1.54, 1.807) is 35.9 Å². The molecule has 1 atom stereocenters. The van der Waals surface area contributed by atoms with Gasteiger partial charge in [0.05, 0.1) is 48.1 Å². The van der Waals surface area contributed by atoms with Gasteiger partial charge in [-0.1, -0.05) is 224 Å². The third kappa shape index (κ3) is 19.7. The van der Waals surface area contributed by atoms with Gasteiger partial charge >= 0.3 is 18.1 Å². The number of fused-ring (bicyclic) bond motifs is 5. The van der Waals surface area contributed by atoms with Gasteiger partial charge < -0.3 is 44.6 Å². The van der Waals surface area contributed by atoms with Crippen molar-refractivity contribution < 1.29 is 33.4 Å². The zero-order valence-electron chi connectivity index (χ0n) is 68.7. The van der Waals surface area contributed by atoms with E-state index in [1.807, 2.05) is 295 Å². The molecule has 0 spiro atoms. The minimum absolute atomic E-state index is 0.000264. The number of hydrogen-bond donors (Lipinski definition) is 7. The second-order valence-corrected chi connectivity index (χ2v) is 31.1. The first-order chi connectivity index (χ1) is 59.5. The van der Waals surface area contributed by atoms with Gasteiger partial charge in [0.15, 0.2) is 11.7 Å². The lowest BCUT2D eigenvalue weighted by Crippen LogP contribution is -2.50. The highest BCUT2D eigenvalue weighted by molar-refractivity contribution is 6.30. The van der Waals surface area contributed by atoms with Crippen LogP contribution in [0, 0.1) is 0 Å². The summed E-state index contributed by atoms with van der Waals surface area (Å²) >= 11 is 5.98. The third-order valence-electron chi connectivity index (χ3n) is 22.1. The zero-order chi connectivity index (χ0) is 84.5. The van der Waals surface area contributed by atoms with Gasteiger partial charge in [0.25, 0.3) is 11.8 Å². The molecule has 25 nitrogen and oxygen atoms in total. The number of aromatic amines is 5. The summed E-state index contributed by atoms with van der Waals surface area (Å²) in [6, 6.07) is 85.9. The Kier molecular flexibility index (Phi) is 26.2. The van der Waals surface area contributed by atoms with Gasteiger partial charge in [0, 0.05) is 193 Å². The highest BCUT2D eigenvalue weighted by Gasteiger charge is 2.38. The third-order valence-corrected chi connectivity index (χ3v) is 22.3. The van der Waals surface area contributed by atoms with E-state index in [4.69, 9.17) is 21.1 Å². The first kappa shape index (κ1) is 82.8. The minimum Gasteiger partial charge on any atom is -0.481 e. The molecule has 0 aliphatic carbocycles. The van der Waals surface area contributed by atoms with E-state index < -0.39 is 11.7 Å². The van der Waals surface area contributed by atoms with Crippen LogP contribution in [0.1, 0.15) is 77.1 Å². The van der Waals surface area contributed by atoms with Gasteiger partial charge in [-0.2, -0.15) is 25.5 Å². The van der Waals surface area contributed by atoms with Gasteiger partial charge in [-0.3, -0.25) is 40.0 Å². The van der Waals surface area contributed by atoms with E-state index in [-0.39, 0.29) is 29.9 Å². The number of amides is 8. The van der Waals surface area contributed by atoms with Crippen molar-refractivity contribution in [3.8, 4) is 67.8 Å². The van der Waals surface area contributed by atoms with Crippen LogP contribution in [0.3, 0.4) is 0 Å². The number of anilines is 2. The second kappa shape index (κ2) is 38.6. The van der Waals surface area contributed by atoms with E-state index in [2.05, 4.69) is 61.6 Å². The van der Waals surface area contributed by atoms with Crippen molar-refractivity contribution in [1.29, 1.82) is 0 Å². The van der Waals surface area contributed by atoms with E-state index >= 15 is 0 Å². The average molecular weight is 1650 g/mol. The number of carbonyl (C=O) groups excluding carboxylic acids is 5. The molecule has 0 bridgehead atoms. The molecule has 5 aliphatic heterocycles. The molecule has 7 N–H and O–H groups in total. The number of hydrogen-bond acceptors (Lipinski definition) is 12. The molecule has 5 aromatic heterocycles. The number of ether oxygens (including phenoxy) is 2. The Morgan fingerprint density at radius 3 is 1.11 bits per heavy atom. The van der Waals surface area contributed by atoms with Crippen molar-refractivity contribution in [1.82, 2.24) is 80.8 Å². The van der Waals surface area contributed by atoms with Crippen molar-refractivity contribution in [2.45, 2.75) is 97.3 Å². The molecule has 5 aliphatic rings. The van der Waals surface area contributed by atoms with Crippen LogP contribution < -0.4 is 25.0 Å². The Hall–Kier alpha value is -14.3. The highest BCUT2D eigenvalue weighted by Crippen LogP contribution is 2.36. The lowest BCUT2D eigenvalue weighted by atomic mass is 9.99. The summed E-state index contributed by atoms with van der Waals surface area (Å²) in [5.41, 5.74) is 21.8. The van der Waals surface area contributed by atoms with Crippen LogP contribution in [0.4, 0.5) is 25.8 Å². The fourth-order valence-corrected chi connectivity index (χ4v) is 15.8. The zero-order valence-corrected chi connectivity index (χ0v) is 69.5. The summed E-state index contributed by atoms with van der Waals surface area (Å²) in [4.78, 5) is 74.2. The lowest BCUT2D eigenvalue weighted by molar-refractivity contribution is -0.146. The van der Waals surface area contributed by atoms with E-state index in [1.165, 1.54) is 0 Å². The largest absolute Gasteiger partial charge is 0.481 e. The smallest absolute Gasteiger partial charge is 0.324 e. The summed E-state index contributed by atoms with van der Waals surface area (Å²) in [6.07, 6.45) is 3.40. The fourth-order valence-electron chi connectivity index (χ4n) is 15.6. The molecule has 0 radical (unpaired) electrons. The number of H-pyrrole nitrogens is 5. The number of para-hydroxylation sites is 3. The topological polar surface area (TPSA) is 291 Å². The fraction of sp³-hybridized carbons (Fsp3) is 0.229. The Morgan fingerprint density at radius 1 is 0.402 bits per heavy atom. The van der Waals surface area contributed by atoms with Crippen LogP contribution in [0.15, 0.2) is 267 Å². The van der Waals surface area contributed by atoms with Gasteiger partial charge in [0.2, 0.25) is 0 Å². The number of nitrogens with one attached hydrogen (secondary N) is 7. The molecular weight excluding hydrogens is 1550 g/mol. The predicted octanol–water partition coefficient (Wildman–Crippen LogP) is 17.0. The molecule has 9 aromatic carbocycles.